The highest BCUT2D eigenvalue weighted by atomic mass is 32.2. The van der Waals surface area contributed by atoms with Crippen LogP contribution in [0.5, 0.6) is 0 Å². The van der Waals surface area contributed by atoms with Crippen molar-refractivity contribution in [2.45, 2.75) is 52.9 Å². The van der Waals surface area contributed by atoms with Crippen molar-refractivity contribution in [2.75, 3.05) is 6.54 Å². The summed E-state index contributed by atoms with van der Waals surface area (Å²) < 4.78 is 0. The first-order valence-corrected chi connectivity index (χ1v) is 13.0. The lowest BCUT2D eigenvalue weighted by Crippen LogP contribution is -2.21. The minimum atomic E-state index is 0.0920. The van der Waals surface area contributed by atoms with Crippen molar-refractivity contribution in [1.29, 1.82) is 0 Å². The van der Waals surface area contributed by atoms with Crippen LogP contribution < -0.4 is 5.32 Å². The SMILES string of the molecule is CC/C(C)=C(\S/C=C(\C)C(NCCc1ccncc1)=C1CCC1)C(=O)c1c[nH]c2ccccc12. The number of aromatic nitrogens is 2. The second-order valence-electron chi connectivity index (χ2n) is 8.82. The zero-order chi connectivity index (χ0) is 23.9. The molecule has 0 spiro atoms. The van der Waals surface area contributed by atoms with E-state index in [1.165, 1.54) is 28.8 Å². The molecular formula is C29H33N3OS. The fourth-order valence-electron chi connectivity index (χ4n) is 4.12. The molecule has 0 radical (unpaired) electrons. The Balaban J connectivity index is 1.52. The molecule has 0 amide bonds. The third-order valence-electron chi connectivity index (χ3n) is 6.48. The van der Waals surface area contributed by atoms with E-state index in [1.54, 1.807) is 11.8 Å². The summed E-state index contributed by atoms with van der Waals surface area (Å²) >= 11 is 1.56. The number of carbonyl (C=O) groups excluding carboxylic acids is 1. The molecular weight excluding hydrogens is 438 g/mol. The van der Waals surface area contributed by atoms with Gasteiger partial charge in [-0.25, -0.2) is 0 Å². The van der Waals surface area contributed by atoms with Crippen LogP contribution in [0.2, 0.25) is 0 Å². The molecule has 176 valence electrons. The van der Waals surface area contributed by atoms with Crippen molar-refractivity contribution in [3.8, 4) is 0 Å². The second kappa shape index (κ2) is 11.4. The van der Waals surface area contributed by atoms with Crippen LogP contribution >= 0.6 is 11.8 Å². The molecule has 4 nitrogen and oxygen atoms in total. The van der Waals surface area contributed by atoms with Gasteiger partial charge in [0.25, 0.3) is 0 Å². The fourth-order valence-corrected chi connectivity index (χ4v) is 5.10. The van der Waals surface area contributed by atoms with Crippen molar-refractivity contribution >= 4 is 28.4 Å². The van der Waals surface area contributed by atoms with Crippen molar-refractivity contribution in [3.05, 3.63) is 98.8 Å². The summed E-state index contributed by atoms with van der Waals surface area (Å²) in [6.07, 6.45) is 10.9. The Morgan fingerprint density at radius 1 is 1.15 bits per heavy atom. The number of thioether (sulfide) groups is 1. The maximum atomic E-state index is 13.6. The van der Waals surface area contributed by atoms with Gasteiger partial charge in [-0.1, -0.05) is 42.5 Å². The van der Waals surface area contributed by atoms with E-state index >= 15 is 0 Å². The summed E-state index contributed by atoms with van der Waals surface area (Å²) in [4.78, 5) is 21.7. The van der Waals surface area contributed by atoms with E-state index in [9.17, 15) is 4.79 Å². The first-order valence-electron chi connectivity index (χ1n) is 12.1. The summed E-state index contributed by atoms with van der Waals surface area (Å²) in [5, 5.41) is 6.82. The van der Waals surface area contributed by atoms with Gasteiger partial charge in [0.05, 0.1) is 4.91 Å². The van der Waals surface area contributed by atoms with Gasteiger partial charge in [0, 0.05) is 47.3 Å². The van der Waals surface area contributed by atoms with Gasteiger partial charge in [-0.05, 0) is 86.3 Å². The number of carbonyl (C=O) groups is 1. The molecule has 0 saturated heterocycles. The maximum absolute atomic E-state index is 13.6. The highest BCUT2D eigenvalue weighted by Gasteiger charge is 2.20. The van der Waals surface area contributed by atoms with Crippen molar-refractivity contribution in [3.63, 3.8) is 0 Å². The number of pyridine rings is 1. The zero-order valence-electron chi connectivity index (χ0n) is 20.3. The number of para-hydroxylation sites is 1. The normalized spacial score (nSPS) is 14.6. The molecule has 2 aromatic heterocycles. The standard InChI is InChI=1S/C29H33N3OS/c1-4-20(2)29(28(33)25-18-32-26-11-6-5-10-24(25)26)34-19-21(3)27(23-8-7-9-23)31-17-14-22-12-15-30-16-13-22/h5-6,10-13,15-16,18-19,31-32H,4,7-9,14,17H2,1-3H3/b21-19+,29-20-. The minimum absolute atomic E-state index is 0.0920. The summed E-state index contributed by atoms with van der Waals surface area (Å²) in [7, 11) is 0. The van der Waals surface area contributed by atoms with Crippen LogP contribution in [-0.2, 0) is 6.42 Å². The van der Waals surface area contributed by atoms with Crippen LogP contribution in [0.3, 0.4) is 0 Å². The van der Waals surface area contributed by atoms with Gasteiger partial charge in [0.2, 0.25) is 5.78 Å². The van der Waals surface area contributed by atoms with Crippen molar-refractivity contribution in [2.24, 2.45) is 0 Å². The number of nitrogens with one attached hydrogen (secondary N) is 2. The smallest absolute Gasteiger partial charge is 0.201 e. The number of aromatic amines is 1. The molecule has 0 bridgehead atoms. The first-order chi connectivity index (χ1) is 16.6. The number of rotatable bonds is 10. The average Bonchev–Trinajstić information content (AvgIpc) is 3.26. The van der Waals surface area contributed by atoms with Gasteiger partial charge in [-0.15, -0.1) is 0 Å². The third-order valence-corrected chi connectivity index (χ3v) is 7.72. The van der Waals surface area contributed by atoms with E-state index in [0.717, 1.165) is 59.2 Å². The van der Waals surface area contributed by atoms with Crippen LogP contribution in [0, 0.1) is 0 Å². The van der Waals surface area contributed by atoms with Crippen molar-refractivity contribution in [1.82, 2.24) is 15.3 Å². The van der Waals surface area contributed by atoms with Gasteiger partial charge in [-0.2, -0.15) is 0 Å². The molecule has 2 N–H and O–H groups in total. The monoisotopic (exact) mass is 471 g/mol. The Labute approximate surface area is 206 Å². The molecule has 1 aromatic carbocycles. The molecule has 4 rings (SSSR count). The lowest BCUT2D eigenvalue weighted by Gasteiger charge is -2.24. The maximum Gasteiger partial charge on any atom is 0.201 e. The van der Waals surface area contributed by atoms with E-state index in [0.29, 0.717) is 0 Å². The summed E-state index contributed by atoms with van der Waals surface area (Å²) in [5.41, 5.74) is 8.07. The molecule has 0 atom stereocenters. The minimum Gasteiger partial charge on any atom is -0.385 e. The predicted molar refractivity (Wildman–Crippen MR) is 144 cm³/mol. The molecule has 2 heterocycles. The second-order valence-corrected chi connectivity index (χ2v) is 9.70. The van der Waals surface area contributed by atoms with Crippen LogP contribution in [-0.4, -0.2) is 22.3 Å². The number of H-pyrrole nitrogens is 1. The summed E-state index contributed by atoms with van der Waals surface area (Å²) in [6.45, 7) is 7.21. The van der Waals surface area contributed by atoms with Gasteiger partial charge in [-0.3, -0.25) is 9.78 Å². The Morgan fingerprint density at radius 2 is 1.91 bits per heavy atom. The molecule has 3 aromatic rings. The van der Waals surface area contributed by atoms with Crippen molar-refractivity contribution < 1.29 is 4.79 Å². The summed E-state index contributed by atoms with van der Waals surface area (Å²) in [5.74, 6) is 0.0920. The van der Waals surface area contributed by atoms with E-state index in [1.807, 2.05) is 42.9 Å². The van der Waals surface area contributed by atoms with Crippen LogP contribution in [0.15, 0.2) is 87.7 Å². The number of nitrogens with zero attached hydrogens (tertiary/aromatic N) is 1. The molecule has 34 heavy (non-hydrogen) atoms. The number of allylic oxidation sites excluding steroid dienone is 4. The Bertz CT molecular complexity index is 1240. The Kier molecular flexibility index (Phi) is 8.07. The highest BCUT2D eigenvalue weighted by molar-refractivity contribution is 8.06. The van der Waals surface area contributed by atoms with Gasteiger partial charge >= 0.3 is 0 Å². The molecule has 1 fully saturated rings. The molecule has 1 saturated carbocycles. The van der Waals surface area contributed by atoms with Gasteiger partial charge in [0.1, 0.15) is 0 Å². The van der Waals surface area contributed by atoms with Gasteiger partial charge < -0.3 is 10.3 Å². The molecule has 5 heteroatoms. The predicted octanol–water partition coefficient (Wildman–Crippen LogP) is 7.34. The lowest BCUT2D eigenvalue weighted by molar-refractivity contribution is 0.104. The van der Waals surface area contributed by atoms with Crippen LogP contribution in [0.1, 0.15) is 62.4 Å². The molecule has 1 aliphatic carbocycles. The topological polar surface area (TPSA) is 57.8 Å². The van der Waals surface area contributed by atoms with E-state index < -0.39 is 0 Å². The Hall–Kier alpha value is -3.05. The van der Waals surface area contributed by atoms with Gasteiger partial charge in [0.15, 0.2) is 0 Å². The largest absolute Gasteiger partial charge is 0.385 e. The number of Topliss-reactive ketones (excluding diaryl/α,β-unsaturated/α-hetero) is 1. The zero-order valence-corrected chi connectivity index (χ0v) is 21.1. The van der Waals surface area contributed by atoms with E-state index in [4.69, 9.17) is 0 Å². The molecule has 1 aliphatic rings. The number of ketones is 1. The third kappa shape index (κ3) is 5.53. The lowest BCUT2D eigenvalue weighted by atomic mass is 9.88. The number of benzene rings is 1. The Morgan fingerprint density at radius 3 is 2.62 bits per heavy atom. The first kappa shape index (κ1) is 24.1. The van der Waals surface area contributed by atoms with E-state index in [2.05, 4.69) is 53.6 Å². The number of hydrogen-bond acceptors (Lipinski definition) is 4. The highest BCUT2D eigenvalue weighted by Crippen LogP contribution is 2.34. The fraction of sp³-hybridized carbons (Fsp3) is 0.310. The van der Waals surface area contributed by atoms with Crippen LogP contribution in [0.25, 0.3) is 10.9 Å². The molecule has 0 aliphatic heterocycles. The van der Waals surface area contributed by atoms with Crippen LogP contribution in [0.4, 0.5) is 0 Å². The van der Waals surface area contributed by atoms with E-state index in [-0.39, 0.29) is 5.78 Å². The number of hydrogen-bond donors (Lipinski definition) is 2. The summed E-state index contributed by atoms with van der Waals surface area (Å²) in [6, 6.07) is 12.1. The number of fused-ring (bicyclic) bond motifs is 1. The molecule has 0 unspecified atom stereocenters. The quantitative estimate of drug-likeness (QED) is 0.240. The average molecular weight is 472 g/mol.